The molecule has 2 aromatic rings. The van der Waals surface area contributed by atoms with E-state index >= 15 is 0 Å². The second-order valence-corrected chi connectivity index (χ2v) is 5.17. The van der Waals surface area contributed by atoms with Crippen molar-refractivity contribution < 1.29 is 9.94 Å². The molecule has 0 bridgehead atoms. The Labute approximate surface area is 116 Å². The van der Waals surface area contributed by atoms with Crippen LogP contribution in [0.2, 0.25) is 0 Å². The lowest BCUT2D eigenvalue weighted by Crippen LogP contribution is -2.14. The summed E-state index contributed by atoms with van der Waals surface area (Å²) in [4.78, 5) is 1.31. The number of hydrogen-bond donors (Lipinski definition) is 2. The topological polar surface area (TPSA) is 67.8 Å². The van der Waals surface area contributed by atoms with E-state index in [2.05, 4.69) is 16.6 Å². The quantitative estimate of drug-likeness (QED) is 0.382. The second-order valence-electron chi connectivity index (χ2n) is 4.14. The maximum Gasteiger partial charge on any atom is 0.170 e. The Morgan fingerprint density at radius 2 is 2.26 bits per heavy atom. The maximum absolute atomic E-state index is 8.66. The van der Waals surface area contributed by atoms with Gasteiger partial charge in [-0.05, 0) is 42.1 Å². The molecule has 0 fully saturated rings. The van der Waals surface area contributed by atoms with Crippen LogP contribution in [0.1, 0.15) is 16.0 Å². The summed E-state index contributed by atoms with van der Waals surface area (Å²) >= 11 is 1.73. The van der Waals surface area contributed by atoms with Crippen molar-refractivity contribution in [1.29, 1.82) is 0 Å². The minimum Gasteiger partial charge on any atom is -0.493 e. The summed E-state index contributed by atoms with van der Waals surface area (Å²) in [5.41, 5.74) is 7.21. The highest BCUT2D eigenvalue weighted by Gasteiger charge is 2.05. The molecule has 19 heavy (non-hydrogen) atoms. The molecule has 0 unspecified atom stereocenters. The van der Waals surface area contributed by atoms with Gasteiger partial charge in [0.1, 0.15) is 5.75 Å². The van der Waals surface area contributed by atoms with Gasteiger partial charge in [0.15, 0.2) is 5.84 Å². The Morgan fingerprint density at radius 1 is 1.42 bits per heavy atom. The highest BCUT2D eigenvalue weighted by atomic mass is 32.1. The van der Waals surface area contributed by atoms with Gasteiger partial charge in [0.25, 0.3) is 0 Å². The first-order valence-corrected chi connectivity index (χ1v) is 6.82. The van der Waals surface area contributed by atoms with Gasteiger partial charge in [-0.2, -0.15) is 0 Å². The van der Waals surface area contributed by atoms with Crippen LogP contribution in [-0.4, -0.2) is 17.6 Å². The first-order chi connectivity index (χ1) is 9.20. The molecule has 0 spiro atoms. The Balaban J connectivity index is 1.96. The molecule has 1 aromatic heterocycles. The van der Waals surface area contributed by atoms with Crippen molar-refractivity contribution in [3.05, 3.63) is 51.7 Å². The molecule has 2 rings (SSSR count). The largest absolute Gasteiger partial charge is 0.493 e. The Bertz CT molecular complexity index is 565. The number of hydrogen-bond acceptors (Lipinski definition) is 4. The SMILES string of the molecule is Cc1cc(OCCc2cccs2)ccc1/C(N)=N/O. The first kappa shape index (κ1) is 13.4. The summed E-state index contributed by atoms with van der Waals surface area (Å²) in [7, 11) is 0. The van der Waals surface area contributed by atoms with Gasteiger partial charge in [-0.1, -0.05) is 11.2 Å². The Morgan fingerprint density at radius 3 is 2.89 bits per heavy atom. The molecule has 0 saturated heterocycles. The molecule has 3 N–H and O–H groups in total. The summed E-state index contributed by atoms with van der Waals surface area (Å²) in [6.45, 7) is 2.54. The van der Waals surface area contributed by atoms with Gasteiger partial charge in [-0.25, -0.2) is 0 Å². The molecule has 0 aliphatic heterocycles. The molecule has 0 atom stereocenters. The summed E-state index contributed by atoms with van der Waals surface area (Å²) in [6.07, 6.45) is 0.901. The predicted molar refractivity (Wildman–Crippen MR) is 77.2 cm³/mol. The van der Waals surface area contributed by atoms with Crippen molar-refractivity contribution in [2.45, 2.75) is 13.3 Å². The number of nitrogens with zero attached hydrogens (tertiary/aromatic N) is 1. The number of amidine groups is 1. The molecule has 5 heteroatoms. The highest BCUT2D eigenvalue weighted by molar-refractivity contribution is 7.09. The third-order valence-electron chi connectivity index (χ3n) is 2.78. The molecule has 0 aliphatic rings. The van der Waals surface area contributed by atoms with E-state index in [1.165, 1.54) is 4.88 Å². The highest BCUT2D eigenvalue weighted by Crippen LogP contribution is 2.18. The summed E-state index contributed by atoms with van der Waals surface area (Å²) in [6, 6.07) is 9.65. The number of aryl methyl sites for hydroxylation is 1. The Hall–Kier alpha value is -2.01. The van der Waals surface area contributed by atoms with Crippen molar-refractivity contribution >= 4 is 17.2 Å². The number of nitrogens with two attached hydrogens (primary N) is 1. The number of oxime groups is 1. The van der Waals surface area contributed by atoms with E-state index in [1.54, 1.807) is 17.4 Å². The smallest absolute Gasteiger partial charge is 0.170 e. The van der Waals surface area contributed by atoms with Crippen LogP contribution in [0.4, 0.5) is 0 Å². The molecule has 0 aliphatic carbocycles. The number of ether oxygens (including phenoxy) is 1. The van der Waals surface area contributed by atoms with Crippen LogP contribution in [0.15, 0.2) is 40.9 Å². The van der Waals surface area contributed by atoms with Crippen molar-refractivity contribution in [1.82, 2.24) is 0 Å². The van der Waals surface area contributed by atoms with Crippen LogP contribution >= 0.6 is 11.3 Å². The minimum absolute atomic E-state index is 0.114. The third kappa shape index (κ3) is 3.48. The lowest BCUT2D eigenvalue weighted by Gasteiger charge is -2.09. The summed E-state index contributed by atoms with van der Waals surface area (Å²) < 4.78 is 5.69. The van der Waals surface area contributed by atoms with Gasteiger partial charge in [-0.3, -0.25) is 0 Å². The molecule has 1 heterocycles. The molecule has 100 valence electrons. The molecule has 0 radical (unpaired) electrons. The fourth-order valence-electron chi connectivity index (χ4n) is 1.79. The second kappa shape index (κ2) is 6.24. The molecule has 4 nitrogen and oxygen atoms in total. The average Bonchev–Trinajstić information content (AvgIpc) is 2.91. The maximum atomic E-state index is 8.66. The first-order valence-electron chi connectivity index (χ1n) is 5.94. The van der Waals surface area contributed by atoms with E-state index in [9.17, 15) is 0 Å². The zero-order valence-electron chi connectivity index (χ0n) is 10.7. The van der Waals surface area contributed by atoms with Crippen LogP contribution in [0.25, 0.3) is 0 Å². The van der Waals surface area contributed by atoms with Gasteiger partial charge in [0.05, 0.1) is 6.61 Å². The zero-order chi connectivity index (χ0) is 13.7. The normalized spacial score (nSPS) is 11.5. The van der Waals surface area contributed by atoms with Crippen LogP contribution < -0.4 is 10.5 Å². The van der Waals surface area contributed by atoms with Crippen molar-refractivity contribution in [2.24, 2.45) is 10.9 Å². The van der Waals surface area contributed by atoms with Gasteiger partial charge in [0, 0.05) is 16.9 Å². The Kier molecular flexibility index (Phi) is 4.41. The fraction of sp³-hybridized carbons (Fsp3) is 0.214. The fourth-order valence-corrected chi connectivity index (χ4v) is 2.48. The molecular weight excluding hydrogens is 260 g/mol. The van der Waals surface area contributed by atoms with Gasteiger partial charge in [0.2, 0.25) is 0 Å². The van der Waals surface area contributed by atoms with E-state index < -0.39 is 0 Å². The van der Waals surface area contributed by atoms with Crippen molar-refractivity contribution in [3.8, 4) is 5.75 Å². The van der Waals surface area contributed by atoms with E-state index in [1.807, 2.05) is 25.1 Å². The monoisotopic (exact) mass is 276 g/mol. The molecule has 0 amide bonds. The van der Waals surface area contributed by atoms with Gasteiger partial charge >= 0.3 is 0 Å². The predicted octanol–water partition coefficient (Wildman–Crippen LogP) is 2.77. The lowest BCUT2D eigenvalue weighted by molar-refractivity contribution is 0.318. The summed E-state index contributed by atoms with van der Waals surface area (Å²) in [5.74, 6) is 0.909. The standard InChI is InChI=1S/C14H16N2O2S/c1-10-9-11(4-5-13(10)14(15)16-17)18-7-6-12-3-2-8-19-12/h2-5,8-9,17H,6-7H2,1H3,(H2,15,16). The number of benzene rings is 1. The van der Waals surface area contributed by atoms with Crippen LogP contribution in [-0.2, 0) is 6.42 Å². The molecular formula is C14H16N2O2S. The van der Waals surface area contributed by atoms with Crippen molar-refractivity contribution in [3.63, 3.8) is 0 Å². The van der Waals surface area contributed by atoms with E-state index in [0.29, 0.717) is 12.2 Å². The van der Waals surface area contributed by atoms with Crippen LogP contribution in [0, 0.1) is 6.92 Å². The summed E-state index contributed by atoms with van der Waals surface area (Å²) in [5, 5.41) is 13.7. The van der Waals surface area contributed by atoms with Crippen LogP contribution in [0.3, 0.4) is 0 Å². The van der Waals surface area contributed by atoms with Gasteiger partial charge in [-0.15, -0.1) is 11.3 Å². The van der Waals surface area contributed by atoms with E-state index in [4.69, 9.17) is 15.7 Å². The van der Waals surface area contributed by atoms with E-state index in [-0.39, 0.29) is 5.84 Å². The zero-order valence-corrected chi connectivity index (χ0v) is 11.5. The number of rotatable bonds is 5. The minimum atomic E-state index is 0.114. The van der Waals surface area contributed by atoms with Crippen LogP contribution in [0.5, 0.6) is 5.75 Å². The third-order valence-corrected chi connectivity index (χ3v) is 3.72. The van der Waals surface area contributed by atoms with E-state index in [0.717, 1.165) is 17.7 Å². The molecule has 1 aromatic carbocycles. The molecule has 0 saturated carbocycles. The van der Waals surface area contributed by atoms with Gasteiger partial charge < -0.3 is 15.7 Å². The average molecular weight is 276 g/mol. The lowest BCUT2D eigenvalue weighted by atomic mass is 10.1. The number of thiophene rings is 1. The van der Waals surface area contributed by atoms with Crippen molar-refractivity contribution in [2.75, 3.05) is 6.61 Å².